The second kappa shape index (κ2) is 5.99. The second-order valence-corrected chi connectivity index (χ2v) is 5.97. The number of hydrogen-bond donors (Lipinski definition) is 1. The SMILES string of the molecule is CCC1COCCN1C(=O)N1CCC(C)(C(=O)O)CC1. The number of morpholine rings is 1. The molecular formula is C14H24N2O4. The zero-order chi connectivity index (χ0) is 14.8. The van der Waals surface area contributed by atoms with Gasteiger partial charge in [-0.05, 0) is 26.2 Å². The van der Waals surface area contributed by atoms with Gasteiger partial charge in [0.15, 0.2) is 0 Å². The summed E-state index contributed by atoms with van der Waals surface area (Å²) in [4.78, 5) is 27.4. The Bertz CT molecular complexity index is 377. The van der Waals surface area contributed by atoms with Crippen LogP contribution in [0, 0.1) is 5.41 Å². The van der Waals surface area contributed by atoms with Crippen LogP contribution in [0.2, 0.25) is 0 Å². The van der Waals surface area contributed by atoms with Gasteiger partial charge in [0.05, 0.1) is 24.7 Å². The van der Waals surface area contributed by atoms with Crippen LogP contribution in [0.25, 0.3) is 0 Å². The Hall–Kier alpha value is -1.30. The Labute approximate surface area is 119 Å². The molecule has 2 aliphatic heterocycles. The lowest BCUT2D eigenvalue weighted by molar-refractivity contribution is -0.150. The van der Waals surface area contributed by atoms with Crippen molar-refractivity contribution in [1.29, 1.82) is 0 Å². The van der Waals surface area contributed by atoms with E-state index in [1.54, 1.807) is 11.8 Å². The van der Waals surface area contributed by atoms with Gasteiger partial charge in [0.2, 0.25) is 0 Å². The average molecular weight is 284 g/mol. The number of carbonyl (C=O) groups is 2. The van der Waals surface area contributed by atoms with E-state index in [2.05, 4.69) is 6.92 Å². The lowest BCUT2D eigenvalue weighted by atomic mass is 9.80. The molecule has 0 spiro atoms. The largest absolute Gasteiger partial charge is 0.481 e. The van der Waals surface area contributed by atoms with Crippen molar-refractivity contribution in [3.05, 3.63) is 0 Å². The number of aliphatic carboxylic acids is 1. The molecule has 1 unspecified atom stereocenters. The molecule has 0 aromatic heterocycles. The van der Waals surface area contributed by atoms with E-state index in [0.717, 1.165) is 6.42 Å². The van der Waals surface area contributed by atoms with Crippen LogP contribution in [-0.2, 0) is 9.53 Å². The fraction of sp³-hybridized carbons (Fsp3) is 0.857. The smallest absolute Gasteiger partial charge is 0.320 e. The van der Waals surface area contributed by atoms with Crippen LogP contribution in [0.15, 0.2) is 0 Å². The van der Waals surface area contributed by atoms with Crippen LogP contribution in [0.5, 0.6) is 0 Å². The van der Waals surface area contributed by atoms with E-state index in [0.29, 0.717) is 45.7 Å². The monoisotopic (exact) mass is 284 g/mol. The minimum absolute atomic E-state index is 0.0348. The molecule has 114 valence electrons. The number of carboxylic acids is 1. The van der Waals surface area contributed by atoms with E-state index in [4.69, 9.17) is 4.74 Å². The van der Waals surface area contributed by atoms with E-state index < -0.39 is 11.4 Å². The van der Waals surface area contributed by atoms with Crippen LogP contribution in [0.1, 0.15) is 33.1 Å². The van der Waals surface area contributed by atoms with Gasteiger partial charge in [-0.3, -0.25) is 4.79 Å². The summed E-state index contributed by atoms with van der Waals surface area (Å²) in [6.45, 7) is 6.68. The second-order valence-electron chi connectivity index (χ2n) is 5.97. The number of likely N-dealkylation sites (tertiary alicyclic amines) is 1. The predicted molar refractivity (Wildman–Crippen MR) is 73.5 cm³/mol. The minimum atomic E-state index is -0.762. The first-order valence-electron chi connectivity index (χ1n) is 7.34. The van der Waals surface area contributed by atoms with Gasteiger partial charge in [0.25, 0.3) is 0 Å². The van der Waals surface area contributed by atoms with Crippen LogP contribution in [-0.4, -0.2) is 65.8 Å². The Morgan fingerprint density at radius 1 is 1.30 bits per heavy atom. The highest BCUT2D eigenvalue weighted by atomic mass is 16.5. The van der Waals surface area contributed by atoms with Gasteiger partial charge >= 0.3 is 12.0 Å². The summed E-state index contributed by atoms with van der Waals surface area (Å²) in [5, 5.41) is 9.22. The first kappa shape index (κ1) is 15.1. The van der Waals surface area contributed by atoms with Gasteiger partial charge < -0.3 is 19.6 Å². The molecule has 2 saturated heterocycles. The number of ether oxygens (including phenoxy) is 1. The van der Waals surface area contributed by atoms with E-state index in [1.165, 1.54) is 0 Å². The summed E-state index contributed by atoms with van der Waals surface area (Å²) in [6, 6.07) is 0.177. The lowest BCUT2D eigenvalue weighted by Gasteiger charge is -2.42. The molecule has 0 aliphatic carbocycles. The third kappa shape index (κ3) is 2.90. The molecular weight excluding hydrogens is 260 g/mol. The summed E-state index contributed by atoms with van der Waals surface area (Å²) in [5.41, 5.74) is -0.689. The number of carbonyl (C=O) groups excluding carboxylic acids is 1. The van der Waals surface area contributed by atoms with Crippen molar-refractivity contribution in [3.63, 3.8) is 0 Å². The molecule has 0 aromatic carbocycles. The highest BCUT2D eigenvalue weighted by molar-refractivity contribution is 5.77. The van der Waals surface area contributed by atoms with Crippen LogP contribution in [0.3, 0.4) is 0 Å². The number of urea groups is 1. The van der Waals surface area contributed by atoms with Gasteiger partial charge in [0.1, 0.15) is 0 Å². The molecule has 0 saturated carbocycles. The predicted octanol–water partition coefficient (Wildman–Crippen LogP) is 1.40. The van der Waals surface area contributed by atoms with Crippen molar-refractivity contribution >= 4 is 12.0 Å². The molecule has 6 heteroatoms. The number of nitrogens with zero attached hydrogens (tertiary/aromatic N) is 2. The fourth-order valence-electron chi connectivity index (χ4n) is 2.83. The molecule has 1 N–H and O–H groups in total. The number of rotatable bonds is 2. The standard InChI is InChI=1S/C14H24N2O4/c1-3-11-10-20-9-8-16(11)13(19)15-6-4-14(2,5-7-15)12(17)18/h11H,3-10H2,1-2H3,(H,17,18). The van der Waals surface area contributed by atoms with E-state index in [9.17, 15) is 14.7 Å². The summed E-state index contributed by atoms with van der Waals surface area (Å²) in [5.74, 6) is -0.762. The molecule has 2 rings (SSSR count). The zero-order valence-corrected chi connectivity index (χ0v) is 12.3. The molecule has 2 amide bonds. The van der Waals surface area contributed by atoms with E-state index in [-0.39, 0.29) is 12.1 Å². The van der Waals surface area contributed by atoms with Gasteiger partial charge in [-0.2, -0.15) is 0 Å². The molecule has 0 bridgehead atoms. The molecule has 1 atom stereocenters. The van der Waals surface area contributed by atoms with Crippen molar-refractivity contribution in [3.8, 4) is 0 Å². The Morgan fingerprint density at radius 3 is 2.50 bits per heavy atom. The molecule has 0 aromatic rings. The van der Waals surface area contributed by atoms with Crippen molar-refractivity contribution in [2.24, 2.45) is 5.41 Å². The maximum atomic E-state index is 12.6. The summed E-state index contributed by atoms with van der Waals surface area (Å²) in [7, 11) is 0. The maximum absolute atomic E-state index is 12.6. The molecule has 6 nitrogen and oxygen atoms in total. The fourth-order valence-corrected chi connectivity index (χ4v) is 2.83. The minimum Gasteiger partial charge on any atom is -0.481 e. The third-order valence-electron chi connectivity index (χ3n) is 4.60. The quantitative estimate of drug-likeness (QED) is 0.832. The maximum Gasteiger partial charge on any atom is 0.320 e. The van der Waals surface area contributed by atoms with Crippen LogP contribution < -0.4 is 0 Å². The van der Waals surface area contributed by atoms with Gasteiger partial charge in [-0.25, -0.2) is 4.79 Å². The van der Waals surface area contributed by atoms with Crippen molar-refractivity contribution in [2.75, 3.05) is 32.8 Å². The Balaban J connectivity index is 1.96. The molecule has 20 heavy (non-hydrogen) atoms. The van der Waals surface area contributed by atoms with E-state index >= 15 is 0 Å². The summed E-state index contributed by atoms with van der Waals surface area (Å²) in [6.07, 6.45) is 1.93. The van der Waals surface area contributed by atoms with Crippen LogP contribution >= 0.6 is 0 Å². The number of amides is 2. The number of piperidine rings is 1. The third-order valence-corrected chi connectivity index (χ3v) is 4.60. The number of carboxylic acid groups (broad SMARTS) is 1. The molecule has 2 fully saturated rings. The zero-order valence-electron chi connectivity index (χ0n) is 12.3. The highest BCUT2D eigenvalue weighted by Gasteiger charge is 2.39. The Kier molecular flexibility index (Phi) is 4.52. The average Bonchev–Trinajstić information content (AvgIpc) is 2.47. The topological polar surface area (TPSA) is 70.1 Å². The lowest BCUT2D eigenvalue weighted by Crippen LogP contribution is -2.56. The molecule has 0 radical (unpaired) electrons. The Morgan fingerprint density at radius 2 is 1.95 bits per heavy atom. The van der Waals surface area contributed by atoms with E-state index in [1.807, 2.05) is 4.90 Å². The summed E-state index contributed by atoms with van der Waals surface area (Å²) < 4.78 is 5.42. The first-order valence-corrected chi connectivity index (χ1v) is 7.34. The van der Waals surface area contributed by atoms with Gasteiger partial charge in [-0.15, -0.1) is 0 Å². The van der Waals surface area contributed by atoms with Crippen molar-refractivity contribution < 1.29 is 19.4 Å². The van der Waals surface area contributed by atoms with Crippen molar-refractivity contribution in [1.82, 2.24) is 9.80 Å². The molecule has 2 aliphatic rings. The molecule has 2 heterocycles. The van der Waals surface area contributed by atoms with Gasteiger partial charge in [0, 0.05) is 19.6 Å². The van der Waals surface area contributed by atoms with Crippen molar-refractivity contribution in [2.45, 2.75) is 39.2 Å². The van der Waals surface area contributed by atoms with Crippen LogP contribution in [0.4, 0.5) is 4.79 Å². The normalized spacial score (nSPS) is 26.4. The number of hydrogen-bond acceptors (Lipinski definition) is 3. The highest BCUT2D eigenvalue weighted by Crippen LogP contribution is 2.31. The first-order chi connectivity index (χ1) is 9.48. The summed E-state index contributed by atoms with van der Waals surface area (Å²) >= 11 is 0. The van der Waals surface area contributed by atoms with Gasteiger partial charge in [-0.1, -0.05) is 6.92 Å².